The zero-order valence-electron chi connectivity index (χ0n) is 17.9. The van der Waals surface area contributed by atoms with Gasteiger partial charge in [0.05, 0.1) is 18.6 Å². The molecule has 1 amide bonds. The first kappa shape index (κ1) is 24.7. The van der Waals surface area contributed by atoms with Crippen molar-refractivity contribution in [1.29, 1.82) is 0 Å². The fourth-order valence-electron chi connectivity index (χ4n) is 2.98. The standard InChI is InChI=1S/C22H18FN3O6S2/c1-3-32-21(28)18-15(12-4-7-14(23)8-5-12)11-34-20(18)25-22(33)24-19(27)13-6-9-17(31-2)16(10-13)26(29)30/h4-11H,3H2,1-2H3,(H2,24,25,27,33). The summed E-state index contributed by atoms with van der Waals surface area (Å²) in [7, 11) is 1.28. The van der Waals surface area contributed by atoms with Crippen molar-refractivity contribution in [2.75, 3.05) is 19.0 Å². The van der Waals surface area contributed by atoms with E-state index in [4.69, 9.17) is 21.7 Å². The van der Waals surface area contributed by atoms with E-state index in [9.17, 15) is 24.1 Å². The lowest BCUT2D eigenvalue weighted by Crippen LogP contribution is -2.34. The monoisotopic (exact) mass is 503 g/mol. The number of hydrogen-bond donors (Lipinski definition) is 2. The highest BCUT2D eigenvalue weighted by atomic mass is 32.1. The second-order valence-electron chi connectivity index (χ2n) is 6.63. The number of thiophene rings is 1. The maximum atomic E-state index is 13.3. The molecule has 0 spiro atoms. The Balaban J connectivity index is 1.83. The average molecular weight is 504 g/mol. The van der Waals surface area contributed by atoms with Gasteiger partial charge in [0, 0.05) is 22.6 Å². The number of carbonyl (C=O) groups is 2. The lowest BCUT2D eigenvalue weighted by molar-refractivity contribution is -0.385. The Morgan fingerprint density at radius 1 is 1.21 bits per heavy atom. The molecule has 0 radical (unpaired) electrons. The molecular formula is C22H18FN3O6S2. The quantitative estimate of drug-likeness (QED) is 0.205. The number of amides is 1. The number of halogens is 1. The highest BCUT2D eigenvalue weighted by Gasteiger charge is 2.23. The zero-order chi connectivity index (χ0) is 24.8. The topological polar surface area (TPSA) is 120 Å². The summed E-state index contributed by atoms with van der Waals surface area (Å²) in [5.41, 5.74) is 0.886. The largest absolute Gasteiger partial charge is 0.490 e. The first-order valence-electron chi connectivity index (χ1n) is 9.74. The Labute approximate surface area is 202 Å². The third kappa shape index (κ3) is 5.53. The summed E-state index contributed by atoms with van der Waals surface area (Å²) >= 11 is 6.34. The summed E-state index contributed by atoms with van der Waals surface area (Å²) in [4.78, 5) is 35.8. The van der Waals surface area contributed by atoms with E-state index in [0.717, 1.165) is 17.4 Å². The normalized spacial score (nSPS) is 10.3. The van der Waals surface area contributed by atoms with Crippen molar-refractivity contribution in [1.82, 2.24) is 5.32 Å². The number of thiocarbonyl (C=S) groups is 1. The van der Waals surface area contributed by atoms with Gasteiger partial charge in [-0.2, -0.15) is 0 Å². The molecule has 176 valence electrons. The van der Waals surface area contributed by atoms with E-state index in [2.05, 4.69) is 10.6 Å². The van der Waals surface area contributed by atoms with Crippen molar-refractivity contribution < 1.29 is 28.4 Å². The fourth-order valence-corrected chi connectivity index (χ4v) is 4.20. The van der Waals surface area contributed by atoms with Crippen molar-refractivity contribution in [3.05, 3.63) is 74.9 Å². The van der Waals surface area contributed by atoms with Gasteiger partial charge in [-0.15, -0.1) is 11.3 Å². The highest BCUT2D eigenvalue weighted by molar-refractivity contribution is 7.80. The van der Waals surface area contributed by atoms with Crippen LogP contribution in [0.25, 0.3) is 11.1 Å². The van der Waals surface area contributed by atoms with Crippen molar-refractivity contribution in [2.45, 2.75) is 6.92 Å². The van der Waals surface area contributed by atoms with Crippen molar-refractivity contribution in [3.8, 4) is 16.9 Å². The molecule has 3 rings (SSSR count). The summed E-state index contributed by atoms with van der Waals surface area (Å²) in [5.74, 6) is -1.73. The molecule has 0 aliphatic rings. The molecule has 0 aliphatic heterocycles. The number of anilines is 1. The second kappa shape index (κ2) is 10.8. The first-order chi connectivity index (χ1) is 16.2. The molecule has 0 fully saturated rings. The van der Waals surface area contributed by atoms with Gasteiger partial charge in [0.2, 0.25) is 0 Å². The zero-order valence-corrected chi connectivity index (χ0v) is 19.6. The number of nitro benzene ring substituents is 1. The van der Waals surface area contributed by atoms with E-state index in [1.54, 1.807) is 12.3 Å². The van der Waals surface area contributed by atoms with Crippen LogP contribution >= 0.6 is 23.6 Å². The van der Waals surface area contributed by atoms with Crippen LogP contribution in [-0.4, -0.2) is 35.6 Å². The van der Waals surface area contributed by atoms with Crippen molar-refractivity contribution >= 4 is 51.2 Å². The molecule has 0 aliphatic carbocycles. The fraction of sp³-hybridized carbons (Fsp3) is 0.136. The van der Waals surface area contributed by atoms with Crippen LogP contribution in [0.15, 0.2) is 47.8 Å². The van der Waals surface area contributed by atoms with E-state index < -0.39 is 22.6 Å². The number of carbonyl (C=O) groups excluding carboxylic acids is 2. The average Bonchev–Trinajstić information content (AvgIpc) is 3.22. The molecule has 0 atom stereocenters. The number of esters is 1. The van der Waals surface area contributed by atoms with E-state index in [0.29, 0.717) is 16.1 Å². The summed E-state index contributed by atoms with van der Waals surface area (Å²) < 4.78 is 23.4. The van der Waals surface area contributed by atoms with E-state index in [1.807, 2.05) is 0 Å². The minimum atomic E-state index is -0.698. The molecule has 12 heteroatoms. The third-order valence-electron chi connectivity index (χ3n) is 4.52. The third-order valence-corrected chi connectivity index (χ3v) is 5.62. The SMILES string of the molecule is CCOC(=O)c1c(-c2ccc(F)cc2)csc1NC(=S)NC(=O)c1ccc(OC)c([N+](=O)[O-])c1. The van der Waals surface area contributed by atoms with Crippen LogP contribution in [0.1, 0.15) is 27.6 Å². The second-order valence-corrected chi connectivity index (χ2v) is 7.92. The molecule has 1 aromatic heterocycles. The summed E-state index contributed by atoms with van der Waals surface area (Å²) in [5, 5.41) is 18.3. The number of benzene rings is 2. The Morgan fingerprint density at radius 3 is 2.53 bits per heavy atom. The molecular weight excluding hydrogens is 485 g/mol. The van der Waals surface area contributed by atoms with Gasteiger partial charge >= 0.3 is 11.7 Å². The maximum absolute atomic E-state index is 13.3. The number of methoxy groups -OCH3 is 1. The molecule has 2 aromatic carbocycles. The number of rotatable bonds is 7. The highest BCUT2D eigenvalue weighted by Crippen LogP contribution is 2.36. The molecule has 34 heavy (non-hydrogen) atoms. The predicted octanol–water partition coefficient (Wildman–Crippen LogP) is 4.77. The van der Waals surface area contributed by atoms with Gasteiger partial charge in [-0.25, -0.2) is 9.18 Å². The van der Waals surface area contributed by atoms with E-state index in [1.165, 1.54) is 43.5 Å². The van der Waals surface area contributed by atoms with Crippen LogP contribution in [0, 0.1) is 15.9 Å². The molecule has 9 nitrogen and oxygen atoms in total. The van der Waals surface area contributed by atoms with Gasteiger partial charge in [-0.1, -0.05) is 12.1 Å². The minimum absolute atomic E-state index is 0.00763. The number of hydrogen-bond acceptors (Lipinski definition) is 8. The van der Waals surface area contributed by atoms with Gasteiger partial charge in [-0.05, 0) is 49.0 Å². The predicted molar refractivity (Wildman–Crippen MR) is 129 cm³/mol. The van der Waals surface area contributed by atoms with Crippen LogP contribution < -0.4 is 15.4 Å². The maximum Gasteiger partial charge on any atom is 0.341 e. The molecule has 0 saturated carbocycles. The smallest absolute Gasteiger partial charge is 0.341 e. The molecule has 3 aromatic rings. The van der Waals surface area contributed by atoms with Crippen molar-refractivity contribution in [3.63, 3.8) is 0 Å². The summed E-state index contributed by atoms with van der Waals surface area (Å²) in [6.07, 6.45) is 0. The van der Waals surface area contributed by atoms with Gasteiger partial charge in [0.25, 0.3) is 5.91 Å². The van der Waals surface area contributed by atoms with E-state index in [-0.39, 0.29) is 34.3 Å². The Bertz CT molecular complexity index is 1260. The Kier molecular flexibility index (Phi) is 7.87. The lowest BCUT2D eigenvalue weighted by atomic mass is 10.0. The van der Waals surface area contributed by atoms with Gasteiger partial charge in [-0.3, -0.25) is 20.2 Å². The molecule has 0 saturated heterocycles. The number of ether oxygens (including phenoxy) is 2. The Hall–Kier alpha value is -3.90. The van der Waals surface area contributed by atoms with Crippen LogP contribution in [0.2, 0.25) is 0 Å². The van der Waals surface area contributed by atoms with Crippen LogP contribution in [0.4, 0.5) is 15.1 Å². The van der Waals surface area contributed by atoms with Gasteiger partial charge < -0.3 is 14.8 Å². The summed E-state index contributed by atoms with van der Waals surface area (Å²) in [6.45, 7) is 1.79. The van der Waals surface area contributed by atoms with Gasteiger partial charge in [0.15, 0.2) is 10.9 Å². The molecule has 2 N–H and O–H groups in total. The lowest BCUT2D eigenvalue weighted by Gasteiger charge is -2.11. The molecule has 1 heterocycles. The first-order valence-corrected chi connectivity index (χ1v) is 11.0. The number of nitro groups is 1. The van der Waals surface area contributed by atoms with Crippen LogP contribution in [-0.2, 0) is 4.74 Å². The van der Waals surface area contributed by atoms with Gasteiger partial charge in [0.1, 0.15) is 16.4 Å². The molecule has 0 unspecified atom stereocenters. The number of nitrogens with one attached hydrogen (secondary N) is 2. The minimum Gasteiger partial charge on any atom is -0.490 e. The van der Waals surface area contributed by atoms with Crippen LogP contribution in [0.5, 0.6) is 5.75 Å². The van der Waals surface area contributed by atoms with Crippen molar-refractivity contribution in [2.24, 2.45) is 0 Å². The molecule has 0 bridgehead atoms. The van der Waals surface area contributed by atoms with Crippen LogP contribution in [0.3, 0.4) is 0 Å². The summed E-state index contributed by atoms with van der Waals surface area (Å²) in [6, 6.07) is 9.32. The Morgan fingerprint density at radius 2 is 1.91 bits per heavy atom. The van der Waals surface area contributed by atoms with E-state index >= 15 is 0 Å². The number of nitrogens with zero attached hydrogens (tertiary/aromatic N) is 1.